The molecule has 8 heteroatoms. The standard InChI is InChI=1S/C24H28N4O4/c1-2-28(24(29)32-13-12-30-17-19-6-4-3-5-7-19)21-8-9-23-22(14-21)27(10-11-31-23)16-20-15-25-18-26-20/h3-9,14-15,18H,2,10-13,16-17H2,1H3,(H,25,26). The van der Waals surface area contributed by atoms with Crippen molar-refractivity contribution in [1.29, 1.82) is 0 Å². The van der Waals surface area contributed by atoms with Gasteiger partial charge in [-0.25, -0.2) is 9.78 Å². The molecule has 0 saturated heterocycles. The number of rotatable bonds is 9. The lowest BCUT2D eigenvalue weighted by Gasteiger charge is -2.32. The number of ether oxygens (including phenoxy) is 3. The molecule has 32 heavy (non-hydrogen) atoms. The minimum Gasteiger partial charge on any atom is -0.490 e. The lowest BCUT2D eigenvalue weighted by Crippen LogP contribution is -2.34. The van der Waals surface area contributed by atoms with E-state index in [1.54, 1.807) is 11.2 Å². The molecule has 1 aliphatic rings. The molecule has 0 fully saturated rings. The van der Waals surface area contributed by atoms with Crippen molar-refractivity contribution < 1.29 is 19.0 Å². The Kier molecular flexibility index (Phi) is 7.24. The Balaban J connectivity index is 1.35. The zero-order chi connectivity index (χ0) is 22.2. The highest BCUT2D eigenvalue weighted by Gasteiger charge is 2.22. The molecule has 0 unspecified atom stereocenters. The van der Waals surface area contributed by atoms with E-state index in [9.17, 15) is 4.79 Å². The van der Waals surface area contributed by atoms with Gasteiger partial charge in [0.1, 0.15) is 19.0 Å². The van der Waals surface area contributed by atoms with Gasteiger partial charge < -0.3 is 24.1 Å². The van der Waals surface area contributed by atoms with Gasteiger partial charge in [-0.15, -0.1) is 0 Å². The molecular weight excluding hydrogens is 408 g/mol. The number of fused-ring (bicyclic) bond motifs is 1. The van der Waals surface area contributed by atoms with Crippen LogP contribution in [-0.4, -0.2) is 49.0 Å². The Morgan fingerprint density at radius 2 is 2.09 bits per heavy atom. The molecule has 8 nitrogen and oxygen atoms in total. The molecule has 2 aromatic carbocycles. The van der Waals surface area contributed by atoms with Gasteiger partial charge in [-0.3, -0.25) is 4.90 Å². The number of nitrogens with one attached hydrogen (secondary N) is 1. The number of benzene rings is 2. The van der Waals surface area contributed by atoms with Gasteiger partial charge in [0, 0.05) is 18.4 Å². The average molecular weight is 437 g/mol. The number of aromatic nitrogens is 2. The Morgan fingerprint density at radius 3 is 2.88 bits per heavy atom. The summed E-state index contributed by atoms with van der Waals surface area (Å²) in [6.45, 7) is 5.46. The van der Waals surface area contributed by atoms with Crippen molar-refractivity contribution in [3.8, 4) is 5.75 Å². The first-order chi connectivity index (χ1) is 15.7. The van der Waals surface area contributed by atoms with Gasteiger partial charge in [0.2, 0.25) is 0 Å². The van der Waals surface area contributed by atoms with E-state index in [1.807, 2.05) is 61.7 Å². The minimum absolute atomic E-state index is 0.196. The average Bonchev–Trinajstić information content (AvgIpc) is 3.33. The number of hydrogen-bond acceptors (Lipinski definition) is 6. The zero-order valence-electron chi connectivity index (χ0n) is 18.2. The van der Waals surface area contributed by atoms with Crippen molar-refractivity contribution in [1.82, 2.24) is 9.97 Å². The lowest BCUT2D eigenvalue weighted by molar-refractivity contribution is 0.0673. The summed E-state index contributed by atoms with van der Waals surface area (Å²) in [5.74, 6) is 0.800. The predicted molar refractivity (Wildman–Crippen MR) is 122 cm³/mol. The summed E-state index contributed by atoms with van der Waals surface area (Å²) >= 11 is 0. The summed E-state index contributed by atoms with van der Waals surface area (Å²) < 4.78 is 16.9. The maximum Gasteiger partial charge on any atom is 0.414 e. The SMILES string of the molecule is CCN(C(=O)OCCOCc1ccccc1)c1ccc2c(c1)N(Cc1c[nH]cn1)CCO2. The first-order valence-electron chi connectivity index (χ1n) is 10.8. The molecule has 2 heterocycles. The quantitative estimate of drug-likeness (QED) is 0.511. The molecule has 1 amide bonds. The Hall–Kier alpha value is -3.52. The normalized spacial score (nSPS) is 12.7. The maximum atomic E-state index is 12.7. The van der Waals surface area contributed by atoms with E-state index in [0.29, 0.717) is 32.9 Å². The molecule has 0 spiro atoms. The predicted octanol–water partition coefficient (Wildman–Crippen LogP) is 3.99. The Labute approximate surface area is 187 Å². The van der Waals surface area contributed by atoms with Gasteiger partial charge in [0.15, 0.2) is 0 Å². The third-order valence-corrected chi connectivity index (χ3v) is 5.22. The number of aromatic amines is 1. The van der Waals surface area contributed by atoms with Gasteiger partial charge in [0.05, 0.1) is 44.0 Å². The number of H-pyrrole nitrogens is 1. The second-order valence-corrected chi connectivity index (χ2v) is 7.38. The summed E-state index contributed by atoms with van der Waals surface area (Å²) in [7, 11) is 0. The maximum absolute atomic E-state index is 12.7. The smallest absolute Gasteiger partial charge is 0.414 e. The van der Waals surface area contributed by atoms with Crippen LogP contribution in [0.5, 0.6) is 5.75 Å². The van der Waals surface area contributed by atoms with Crippen LogP contribution in [-0.2, 0) is 22.6 Å². The monoisotopic (exact) mass is 436 g/mol. The summed E-state index contributed by atoms with van der Waals surface area (Å²) in [4.78, 5) is 23.8. The first-order valence-corrected chi connectivity index (χ1v) is 10.8. The molecule has 168 valence electrons. The van der Waals surface area contributed by atoms with Crippen LogP contribution < -0.4 is 14.5 Å². The van der Waals surface area contributed by atoms with Crippen LogP contribution in [0, 0.1) is 0 Å². The van der Waals surface area contributed by atoms with E-state index >= 15 is 0 Å². The highest BCUT2D eigenvalue weighted by molar-refractivity contribution is 5.89. The number of nitrogens with zero attached hydrogens (tertiary/aromatic N) is 3. The number of carbonyl (C=O) groups is 1. The summed E-state index contributed by atoms with van der Waals surface area (Å²) in [5.41, 5.74) is 3.74. The van der Waals surface area contributed by atoms with E-state index in [-0.39, 0.29) is 6.61 Å². The minimum atomic E-state index is -0.397. The zero-order valence-corrected chi connectivity index (χ0v) is 18.2. The third kappa shape index (κ3) is 5.39. The van der Waals surface area contributed by atoms with E-state index in [1.165, 1.54) is 0 Å². The second-order valence-electron chi connectivity index (χ2n) is 7.38. The molecule has 0 atom stereocenters. The number of amides is 1. The Bertz CT molecular complexity index is 994. The fourth-order valence-corrected chi connectivity index (χ4v) is 3.61. The van der Waals surface area contributed by atoms with Crippen molar-refractivity contribution in [2.24, 2.45) is 0 Å². The van der Waals surface area contributed by atoms with Crippen molar-refractivity contribution in [3.63, 3.8) is 0 Å². The van der Waals surface area contributed by atoms with Crippen LogP contribution in [0.2, 0.25) is 0 Å². The first kappa shape index (κ1) is 21.7. The van der Waals surface area contributed by atoms with Gasteiger partial charge in [0.25, 0.3) is 0 Å². The second kappa shape index (κ2) is 10.7. The molecule has 1 aromatic heterocycles. The van der Waals surface area contributed by atoms with Crippen LogP contribution in [0.3, 0.4) is 0 Å². The summed E-state index contributed by atoms with van der Waals surface area (Å²) in [6.07, 6.45) is 3.16. The lowest BCUT2D eigenvalue weighted by atomic mass is 10.2. The fourth-order valence-electron chi connectivity index (χ4n) is 3.61. The molecule has 0 bridgehead atoms. The Morgan fingerprint density at radius 1 is 1.22 bits per heavy atom. The van der Waals surface area contributed by atoms with E-state index in [0.717, 1.165) is 34.9 Å². The van der Waals surface area contributed by atoms with Crippen molar-refractivity contribution >= 4 is 17.5 Å². The number of hydrogen-bond donors (Lipinski definition) is 1. The molecule has 1 aliphatic heterocycles. The molecule has 1 N–H and O–H groups in total. The van der Waals surface area contributed by atoms with Crippen molar-refractivity contribution in [3.05, 3.63) is 72.3 Å². The third-order valence-electron chi connectivity index (χ3n) is 5.22. The molecule has 3 aromatic rings. The fraction of sp³-hybridized carbons (Fsp3) is 0.333. The van der Waals surface area contributed by atoms with E-state index in [4.69, 9.17) is 14.2 Å². The highest BCUT2D eigenvalue weighted by Crippen LogP contribution is 2.36. The van der Waals surface area contributed by atoms with Gasteiger partial charge in [-0.2, -0.15) is 0 Å². The van der Waals surface area contributed by atoms with Crippen molar-refractivity contribution in [2.45, 2.75) is 20.1 Å². The summed E-state index contributed by atoms with van der Waals surface area (Å²) in [5, 5.41) is 0. The molecule has 0 aliphatic carbocycles. The largest absolute Gasteiger partial charge is 0.490 e. The number of carbonyl (C=O) groups excluding carboxylic acids is 1. The van der Waals surface area contributed by atoms with Crippen LogP contribution in [0.4, 0.5) is 16.2 Å². The molecule has 0 radical (unpaired) electrons. The number of imidazole rings is 1. The van der Waals surface area contributed by atoms with Gasteiger partial charge >= 0.3 is 6.09 Å². The molecular formula is C24H28N4O4. The summed E-state index contributed by atoms with van der Waals surface area (Å²) in [6, 6.07) is 15.7. The molecule has 0 saturated carbocycles. The van der Waals surface area contributed by atoms with Crippen LogP contribution >= 0.6 is 0 Å². The van der Waals surface area contributed by atoms with Crippen LogP contribution in [0.25, 0.3) is 0 Å². The molecule has 4 rings (SSSR count). The highest BCUT2D eigenvalue weighted by atomic mass is 16.6. The van der Waals surface area contributed by atoms with Crippen LogP contribution in [0.15, 0.2) is 61.1 Å². The van der Waals surface area contributed by atoms with Crippen molar-refractivity contribution in [2.75, 3.05) is 42.7 Å². The van der Waals surface area contributed by atoms with Gasteiger partial charge in [-0.05, 0) is 30.7 Å². The topological polar surface area (TPSA) is 79.9 Å². The van der Waals surface area contributed by atoms with E-state index < -0.39 is 6.09 Å². The number of anilines is 2. The van der Waals surface area contributed by atoms with Crippen LogP contribution in [0.1, 0.15) is 18.2 Å². The van der Waals surface area contributed by atoms with Gasteiger partial charge in [-0.1, -0.05) is 30.3 Å². The van der Waals surface area contributed by atoms with E-state index in [2.05, 4.69) is 14.9 Å².